The van der Waals surface area contributed by atoms with Gasteiger partial charge in [0.1, 0.15) is 17.3 Å². The summed E-state index contributed by atoms with van der Waals surface area (Å²) in [5.41, 5.74) is 1.43. The Morgan fingerprint density at radius 2 is 1.88 bits per heavy atom. The van der Waals surface area contributed by atoms with Gasteiger partial charge in [-0.2, -0.15) is 0 Å². The van der Waals surface area contributed by atoms with E-state index in [0.717, 1.165) is 9.87 Å². The number of anilines is 2. The smallest absolute Gasteiger partial charge is 0.267 e. The first-order chi connectivity index (χ1) is 15.3. The molecule has 1 aliphatic heterocycles. The molecule has 1 heterocycles. The predicted octanol–water partition coefficient (Wildman–Crippen LogP) is 3.74. The Morgan fingerprint density at radius 1 is 1.12 bits per heavy atom. The van der Waals surface area contributed by atoms with Crippen LogP contribution in [0.1, 0.15) is 5.56 Å². The molecule has 0 saturated heterocycles. The molecule has 0 spiro atoms. The number of benzene rings is 3. The van der Waals surface area contributed by atoms with Gasteiger partial charge in [-0.05, 0) is 67.1 Å². The molecule has 4 rings (SSSR count). The number of carbonyl (C=O) groups is 1. The standard InChI is InChI=1S/C23H21FN2O5S/c1-15-6-11-20-21(12-15)31-22(23(27)25-17-5-3-4-16(24)13-17)14-26(20)32(28,29)19-9-7-18(30-2)8-10-19/h3-13,22H,14H2,1-2H3,(H,25,27)/t22-/m1/s1. The molecule has 9 heteroatoms. The van der Waals surface area contributed by atoms with Crippen LogP contribution >= 0.6 is 0 Å². The topological polar surface area (TPSA) is 84.9 Å². The van der Waals surface area contributed by atoms with Crippen molar-refractivity contribution in [2.75, 3.05) is 23.3 Å². The van der Waals surface area contributed by atoms with E-state index in [1.807, 2.05) is 6.92 Å². The Hall–Kier alpha value is -3.59. The largest absolute Gasteiger partial charge is 0.497 e. The highest BCUT2D eigenvalue weighted by Crippen LogP contribution is 2.38. The highest BCUT2D eigenvalue weighted by molar-refractivity contribution is 7.92. The lowest BCUT2D eigenvalue weighted by Gasteiger charge is -2.35. The molecule has 1 N–H and O–H groups in total. The number of amides is 1. The minimum Gasteiger partial charge on any atom is -0.497 e. The zero-order valence-electron chi connectivity index (χ0n) is 17.4. The number of carbonyl (C=O) groups excluding carboxylic acids is 1. The molecule has 7 nitrogen and oxygen atoms in total. The Morgan fingerprint density at radius 3 is 2.56 bits per heavy atom. The molecule has 3 aromatic carbocycles. The van der Waals surface area contributed by atoms with Crippen molar-refractivity contribution in [1.82, 2.24) is 0 Å². The number of nitrogens with zero attached hydrogens (tertiary/aromatic N) is 1. The van der Waals surface area contributed by atoms with Crippen LogP contribution in [0.3, 0.4) is 0 Å². The fourth-order valence-electron chi connectivity index (χ4n) is 3.39. The number of rotatable bonds is 5. The summed E-state index contributed by atoms with van der Waals surface area (Å²) in [5, 5.41) is 2.58. The normalized spacial score (nSPS) is 15.5. The van der Waals surface area contributed by atoms with Crippen molar-refractivity contribution in [1.29, 1.82) is 0 Å². The van der Waals surface area contributed by atoms with Crippen molar-refractivity contribution < 1.29 is 27.1 Å². The van der Waals surface area contributed by atoms with Crippen LogP contribution in [-0.2, 0) is 14.8 Å². The monoisotopic (exact) mass is 456 g/mol. The van der Waals surface area contributed by atoms with E-state index in [9.17, 15) is 17.6 Å². The molecule has 0 aromatic heterocycles. The Kier molecular flexibility index (Phi) is 5.75. The summed E-state index contributed by atoms with van der Waals surface area (Å²) in [6.45, 7) is 1.59. The van der Waals surface area contributed by atoms with Gasteiger partial charge in [-0.3, -0.25) is 9.10 Å². The second-order valence-electron chi connectivity index (χ2n) is 7.29. The van der Waals surface area contributed by atoms with Crippen molar-refractivity contribution in [2.24, 2.45) is 0 Å². The van der Waals surface area contributed by atoms with Crippen LogP contribution in [0.15, 0.2) is 71.6 Å². The third-order valence-electron chi connectivity index (χ3n) is 5.02. The van der Waals surface area contributed by atoms with E-state index >= 15 is 0 Å². The van der Waals surface area contributed by atoms with Crippen molar-refractivity contribution >= 4 is 27.3 Å². The van der Waals surface area contributed by atoms with Gasteiger partial charge in [0.15, 0.2) is 6.10 Å². The van der Waals surface area contributed by atoms with Crippen molar-refractivity contribution in [3.8, 4) is 11.5 Å². The second-order valence-corrected chi connectivity index (χ2v) is 9.15. The fraction of sp³-hybridized carbons (Fsp3) is 0.174. The second kappa shape index (κ2) is 8.51. The molecule has 1 atom stereocenters. The van der Waals surface area contributed by atoms with Gasteiger partial charge in [-0.1, -0.05) is 12.1 Å². The van der Waals surface area contributed by atoms with Crippen molar-refractivity contribution in [2.45, 2.75) is 17.9 Å². The first-order valence-electron chi connectivity index (χ1n) is 9.78. The van der Waals surface area contributed by atoms with Gasteiger partial charge in [-0.15, -0.1) is 0 Å². The van der Waals surface area contributed by atoms with Crippen LogP contribution in [0.4, 0.5) is 15.8 Å². The van der Waals surface area contributed by atoms with Gasteiger partial charge in [0.25, 0.3) is 15.9 Å². The maximum Gasteiger partial charge on any atom is 0.267 e. The summed E-state index contributed by atoms with van der Waals surface area (Å²) in [7, 11) is -2.51. The maximum atomic E-state index is 13.5. The van der Waals surface area contributed by atoms with Crippen LogP contribution in [0.2, 0.25) is 0 Å². The van der Waals surface area contributed by atoms with Gasteiger partial charge in [0.05, 0.1) is 24.2 Å². The molecule has 3 aromatic rings. The van der Waals surface area contributed by atoms with Crippen LogP contribution in [-0.4, -0.2) is 34.1 Å². The van der Waals surface area contributed by atoms with Crippen LogP contribution in [0.25, 0.3) is 0 Å². The summed E-state index contributed by atoms with van der Waals surface area (Å²) in [6.07, 6.45) is -1.14. The van der Waals surface area contributed by atoms with E-state index in [1.54, 1.807) is 30.3 Å². The number of hydrogen-bond acceptors (Lipinski definition) is 5. The molecule has 0 saturated carbocycles. The number of halogens is 1. The third-order valence-corrected chi connectivity index (χ3v) is 6.81. The molecular formula is C23H21FN2O5S. The van der Waals surface area contributed by atoms with Crippen LogP contribution in [0, 0.1) is 12.7 Å². The first kappa shape index (κ1) is 21.6. The highest BCUT2D eigenvalue weighted by Gasteiger charge is 2.37. The summed E-state index contributed by atoms with van der Waals surface area (Å²) in [4.78, 5) is 12.9. The van der Waals surface area contributed by atoms with Crippen molar-refractivity contribution in [3.05, 3.63) is 78.1 Å². The van der Waals surface area contributed by atoms with E-state index in [2.05, 4.69) is 5.32 Å². The van der Waals surface area contributed by atoms with E-state index in [4.69, 9.17) is 9.47 Å². The van der Waals surface area contributed by atoms with E-state index in [0.29, 0.717) is 11.4 Å². The lowest BCUT2D eigenvalue weighted by Crippen LogP contribution is -2.48. The van der Waals surface area contributed by atoms with Gasteiger partial charge in [0, 0.05) is 5.69 Å². The number of fused-ring (bicyclic) bond motifs is 1. The summed E-state index contributed by atoms with van der Waals surface area (Å²) >= 11 is 0. The number of sulfonamides is 1. The highest BCUT2D eigenvalue weighted by atomic mass is 32.2. The molecule has 166 valence electrons. The quantitative estimate of drug-likeness (QED) is 0.632. The average molecular weight is 456 g/mol. The zero-order chi connectivity index (χ0) is 22.9. The SMILES string of the molecule is COc1ccc(S(=O)(=O)N2C[C@H](C(=O)Nc3cccc(F)c3)Oc3cc(C)ccc32)cc1. The molecule has 0 bridgehead atoms. The fourth-order valence-corrected chi connectivity index (χ4v) is 4.87. The number of aryl methyl sites for hydroxylation is 1. The molecule has 0 fully saturated rings. The average Bonchev–Trinajstić information content (AvgIpc) is 2.78. The number of hydrogen-bond donors (Lipinski definition) is 1. The Bertz CT molecular complexity index is 1260. The number of nitrogens with one attached hydrogen (secondary N) is 1. The molecule has 0 aliphatic carbocycles. The molecule has 0 unspecified atom stereocenters. The van der Waals surface area contributed by atoms with Crippen molar-refractivity contribution in [3.63, 3.8) is 0 Å². The lowest BCUT2D eigenvalue weighted by molar-refractivity contribution is -0.122. The molecule has 32 heavy (non-hydrogen) atoms. The van der Waals surface area contributed by atoms with E-state index in [-0.39, 0.29) is 22.9 Å². The van der Waals surface area contributed by atoms with Crippen LogP contribution < -0.4 is 19.1 Å². The summed E-state index contributed by atoms with van der Waals surface area (Å²) in [6, 6.07) is 16.5. The summed E-state index contributed by atoms with van der Waals surface area (Å²) in [5.74, 6) is -0.295. The first-order valence-corrected chi connectivity index (χ1v) is 11.2. The maximum absolute atomic E-state index is 13.5. The summed E-state index contributed by atoms with van der Waals surface area (Å²) < 4.78 is 52.5. The number of methoxy groups -OCH3 is 1. The Balaban J connectivity index is 1.69. The molecule has 0 radical (unpaired) electrons. The van der Waals surface area contributed by atoms with Gasteiger partial charge in [-0.25, -0.2) is 12.8 Å². The third kappa shape index (κ3) is 4.24. The molecular weight excluding hydrogens is 435 g/mol. The Labute approximate surface area is 185 Å². The molecule has 1 aliphatic rings. The predicted molar refractivity (Wildman–Crippen MR) is 118 cm³/mol. The minimum atomic E-state index is -4.00. The van der Waals surface area contributed by atoms with Gasteiger partial charge >= 0.3 is 0 Å². The molecule has 1 amide bonds. The van der Waals surface area contributed by atoms with Gasteiger partial charge < -0.3 is 14.8 Å². The number of ether oxygens (including phenoxy) is 2. The van der Waals surface area contributed by atoms with Gasteiger partial charge in [0.2, 0.25) is 0 Å². The minimum absolute atomic E-state index is 0.0519. The zero-order valence-corrected chi connectivity index (χ0v) is 18.2. The van der Waals surface area contributed by atoms with E-state index in [1.165, 1.54) is 43.5 Å². The van der Waals surface area contributed by atoms with Crippen LogP contribution in [0.5, 0.6) is 11.5 Å². The lowest BCUT2D eigenvalue weighted by atomic mass is 10.1. The van der Waals surface area contributed by atoms with E-state index < -0.39 is 27.9 Å².